The second-order valence-electron chi connectivity index (χ2n) is 5.50. The van der Waals surface area contributed by atoms with E-state index in [9.17, 15) is 4.79 Å². The van der Waals surface area contributed by atoms with Crippen LogP contribution in [-0.2, 0) is 9.53 Å². The molecule has 1 aromatic carbocycles. The van der Waals surface area contributed by atoms with Crippen molar-refractivity contribution in [2.75, 3.05) is 19.5 Å². The van der Waals surface area contributed by atoms with Gasteiger partial charge in [0.05, 0.1) is 14.2 Å². The fraction of sp³-hybridized carbons (Fsp3) is 0.533. The van der Waals surface area contributed by atoms with Crippen LogP contribution in [0, 0.1) is 0 Å². The van der Waals surface area contributed by atoms with Gasteiger partial charge in [0.2, 0.25) is 0 Å². The Bertz CT molecular complexity index is 443. The molecular formula is C15H23NO4. The molecular weight excluding hydrogens is 258 g/mol. The summed E-state index contributed by atoms with van der Waals surface area (Å²) in [6, 6.07) is 4.89. The second-order valence-corrected chi connectivity index (χ2v) is 5.50. The predicted octanol–water partition coefficient (Wildman–Crippen LogP) is 2.85. The molecule has 5 nitrogen and oxygen atoms in total. The lowest BCUT2D eigenvalue weighted by molar-refractivity contribution is -0.155. The zero-order valence-corrected chi connectivity index (χ0v) is 12.9. The first-order valence-electron chi connectivity index (χ1n) is 6.47. The van der Waals surface area contributed by atoms with Gasteiger partial charge in [-0.1, -0.05) is 0 Å². The van der Waals surface area contributed by atoms with Crippen molar-refractivity contribution in [3.63, 3.8) is 0 Å². The number of carbonyl (C=O) groups is 1. The second kappa shape index (κ2) is 6.50. The van der Waals surface area contributed by atoms with E-state index < -0.39 is 11.6 Å². The number of hydrogen-bond acceptors (Lipinski definition) is 5. The molecule has 1 rings (SSSR count). The standard InChI is InChI=1S/C15H23NO4/c1-10(14(17)20-15(2,3)4)16-11-7-12(18-5)9-13(8-11)19-6/h7-10,16H,1-6H3. The molecule has 1 atom stereocenters. The van der Waals surface area contributed by atoms with Crippen LogP contribution in [0.3, 0.4) is 0 Å². The van der Waals surface area contributed by atoms with Crippen molar-refractivity contribution in [2.45, 2.75) is 39.3 Å². The van der Waals surface area contributed by atoms with Crippen LogP contribution in [0.15, 0.2) is 18.2 Å². The van der Waals surface area contributed by atoms with E-state index in [2.05, 4.69) is 5.32 Å². The molecule has 112 valence electrons. The van der Waals surface area contributed by atoms with Gasteiger partial charge in [0.15, 0.2) is 0 Å². The zero-order valence-electron chi connectivity index (χ0n) is 12.9. The minimum absolute atomic E-state index is 0.306. The smallest absolute Gasteiger partial charge is 0.328 e. The molecule has 0 amide bonds. The van der Waals surface area contributed by atoms with E-state index in [1.807, 2.05) is 20.8 Å². The van der Waals surface area contributed by atoms with E-state index in [0.717, 1.165) is 5.69 Å². The lowest BCUT2D eigenvalue weighted by atomic mass is 10.2. The first kappa shape index (κ1) is 16.1. The van der Waals surface area contributed by atoms with Gasteiger partial charge >= 0.3 is 5.97 Å². The third-order valence-corrected chi connectivity index (χ3v) is 2.49. The number of carbonyl (C=O) groups excluding carboxylic acids is 1. The number of rotatable bonds is 5. The van der Waals surface area contributed by atoms with Gasteiger partial charge in [-0.2, -0.15) is 0 Å². The molecule has 0 spiro atoms. The summed E-state index contributed by atoms with van der Waals surface area (Å²) in [6.45, 7) is 7.27. The molecule has 0 aliphatic heterocycles. The van der Waals surface area contributed by atoms with Crippen molar-refractivity contribution in [3.05, 3.63) is 18.2 Å². The van der Waals surface area contributed by atoms with Crippen LogP contribution in [0.25, 0.3) is 0 Å². The first-order chi connectivity index (χ1) is 9.25. The summed E-state index contributed by atoms with van der Waals surface area (Å²) < 4.78 is 15.7. The summed E-state index contributed by atoms with van der Waals surface area (Å²) in [6.07, 6.45) is 0. The normalized spacial score (nSPS) is 12.5. The Kier molecular flexibility index (Phi) is 5.25. The fourth-order valence-corrected chi connectivity index (χ4v) is 1.59. The van der Waals surface area contributed by atoms with Crippen LogP contribution >= 0.6 is 0 Å². The number of nitrogens with one attached hydrogen (secondary N) is 1. The van der Waals surface area contributed by atoms with E-state index in [0.29, 0.717) is 11.5 Å². The Balaban J connectivity index is 2.79. The average molecular weight is 281 g/mol. The summed E-state index contributed by atoms with van der Waals surface area (Å²) in [5, 5.41) is 3.08. The van der Waals surface area contributed by atoms with Crippen LogP contribution in [0.4, 0.5) is 5.69 Å². The highest BCUT2D eigenvalue weighted by Crippen LogP contribution is 2.26. The molecule has 20 heavy (non-hydrogen) atoms. The van der Waals surface area contributed by atoms with Crippen LogP contribution in [-0.4, -0.2) is 31.8 Å². The average Bonchev–Trinajstić information content (AvgIpc) is 2.36. The third-order valence-electron chi connectivity index (χ3n) is 2.49. The molecule has 1 aromatic rings. The zero-order chi connectivity index (χ0) is 15.3. The largest absolute Gasteiger partial charge is 0.497 e. The van der Waals surface area contributed by atoms with Crippen LogP contribution in [0.1, 0.15) is 27.7 Å². The van der Waals surface area contributed by atoms with Crippen molar-refractivity contribution in [1.82, 2.24) is 0 Å². The fourth-order valence-electron chi connectivity index (χ4n) is 1.59. The van der Waals surface area contributed by atoms with Crippen molar-refractivity contribution in [3.8, 4) is 11.5 Å². The monoisotopic (exact) mass is 281 g/mol. The number of benzene rings is 1. The number of anilines is 1. The quantitative estimate of drug-likeness (QED) is 0.841. The summed E-state index contributed by atoms with van der Waals surface area (Å²) >= 11 is 0. The van der Waals surface area contributed by atoms with Gasteiger partial charge in [0.25, 0.3) is 0 Å². The maximum atomic E-state index is 11.9. The predicted molar refractivity (Wildman–Crippen MR) is 78.5 cm³/mol. The highest BCUT2D eigenvalue weighted by Gasteiger charge is 2.21. The van der Waals surface area contributed by atoms with Crippen LogP contribution in [0.5, 0.6) is 11.5 Å². The maximum absolute atomic E-state index is 11.9. The molecule has 0 fully saturated rings. The van der Waals surface area contributed by atoms with Gasteiger partial charge in [-0.25, -0.2) is 4.79 Å². The molecule has 0 saturated carbocycles. The van der Waals surface area contributed by atoms with Gasteiger partial charge in [-0.05, 0) is 27.7 Å². The van der Waals surface area contributed by atoms with Crippen molar-refractivity contribution < 1.29 is 19.0 Å². The SMILES string of the molecule is COc1cc(NC(C)C(=O)OC(C)(C)C)cc(OC)c1. The van der Waals surface area contributed by atoms with Gasteiger partial charge in [-0.15, -0.1) is 0 Å². The summed E-state index contributed by atoms with van der Waals surface area (Å²) in [5.41, 5.74) is 0.235. The molecule has 0 aliphatic rings. The summed E-state index contributed by atoms with van der Waals surface area (Å²) in [7, 11) is 3.16. The molecule has 5 heteroatoms. The number of hydrogen-bond donors (Lipinski definition) is 1. The van der Waals surface area contributed by atoms with Gasteiger partial charge in [0, 0.05) is 23.9 Å². The Morgan fingerprint density at radius 3 is 2.00 bits per heavy atom. The lowest BCUT2D eigenvalue weighted by Crippen LogP contribution is -2.34. The highest BCUT2D eigenvalue weighted by molar-refractivity contribution is 5.79. The molecule has 0 bridgehead atoms. The minimum atomic E-state index is -0.501. The van der Waals surface area contributed by atoms with E-state index in [4.69, 9.17) is 14.2 Å². The topological polar surface area (TPSA) is 56.8 Å². The van der Waals surface area contributed by atoms with E-state index in [-0.39, 0.29) is 5.97 Å². The Morgan fingerprint density at radius 2 is 1.60 bits per heavy atom. The molecule has 1 unspecified atom stereocenters. The van der Waals surface area contributed by atoms with Gasteiger partial charge in [-0.3, -0.25) is 0 Å². The van der Waals surface area contributed by atoms with Crippen LogP contribution in [0.2, 0.25) is 0 Å². The van der Waals surface area contributed by atoms with Crippen molar-refractivity contribution >= 4 is 11.7 Å². The van der Waals surface area contributed by atoms with Crippen LogP contribution < -0.4 is 14.8 Å². The highest BCUT2D eigenvalue weighted by atomic mass is 16.6. The van der Waals surface area contributed by atoms with Gasteiger partial charge < -0.3 is 19.5 Å². The first-order valence-corrected chi connectivity index (χ1v) is 6.47. The van der Waals surface area contributed by atoms with E-state index in [1.54, 1.807) is 39.3 Å². The van der Waals surface area contributed by atoms with E-state index >= 15 is 0 Å². The Hall–Kier alpha value is -1.91. The Morgan fingerprint density at radius 1 is 1.10 bits per heavy atom. The molecule has 0 heterocycles. The van der Waals surface area contributed by atoms with Gasteiger partial charge in [0.1, 0.15) is 23.1 Å². The van der Waals surface area contributed by atoms with Crippen molar-refractivity contribution in [1.29, 1.82) is 0 Å². The molecule has 1 N–H and O–H groups in total. The molecule has 0 saturated heterocycles. The minimum Gasteiger partial charge on any atom is -0.497 e. The molecule has 0 aliphatic carbocycles. The van der Waals surface area contributed by atoms with E-state index in [1.165, 1.54) is 0 Å². The lowest BCUT2D eigenvalue weighted by Gasteiger charge is -2.23. The Labute approximate surface area is 120 Å². The maximum Gasteiger partial charge on any atom is 0.328 e. The summed E-state index contributed by atoms with van der Waals surface area (Å²) in [5.74, 6) is 1.01. The number of methoxy groups -OCH3 is 2. The van der Waals surface area contributed by atoms with Crippen molar-refractivity contribution in [2.24, 2.45) is 0 Å². The molecule has 0 aromatic heterocycles. The number of esters is 1. The number of ether oxygens (including phenoxy) is 3. The third kappa shape index (κ3) is 4.99. The summed E-state index contributed by atoms with van der Waals surface area (Å²) in [4.78, 5) is 11.9. The molecule has 0 radical (unpaired) electrons.